The van der Waals surface area contributed by atoms with Gasteiger partial charge >= 0.3 is 5.97 Å². The third kappa shape index (κ3) is 1.44. The van der Waals surface area contributed by atoms with E-state index >= 15 is 0 Å². The molecule has 0 spiro atoms. The molecule has 0 bridgehead atoms. The molecule has 1 aliphatic heterocycles. The van der Waals surface area contributed by atoms with Gasteiger partial charge in [0, 0.05) is 11.5 Å². The van der Waals surface area contributed by atoms with E-state index < -0.39 is 6.10 Å². The van der Waals surface area contributed by atoms with Crippen LogP contribution in [-0.4, -0.2) is 35.8 Å². The molecule has 10 heavy (non-hydrogen) atoms. The third-order valence-corrected chi connectivity index (χ3v) is 2.73. The zero-order valence-electron chi connectivity index (χ0n) is 5.74. The van der Waals surface area contributed by atoms with Gasteiger partial charge in [-0.2, -0.15) is 11.8 Å². The fourth-order valence-electron chi connectivity index (χ4n) is 0.919. The van der Waals surface area contributed by atoms with Crippen LogP contribution in [-0.2, 0) is 9.53 Å². The van der Waals surface area contributed by atoms with Crippen LogP contribution in [0.15, 0.2) is 0 Å². The summed E-state index contributed by atoms with van der Waals surface area (Å²) in [6.45, 7) is 0. The van der Waals surface area contributed by atoms with Gasteiger partial charge in [-0.1, -0.05) is 0 Å². The summed E-state index contributed by atoms with van der Waals surface area (Å²) in [7, 11) is 1.35. The smallest absolute Gasteiger partial charge is 0.312 e. The fraction of sp³-hybridized carbons (Fsp3) is 0.833. The summed E-state index contributed by atoms with van der Waals surface area (Å²) in [5.74, 6) is 0.751. The Hall–Kier alpha value is -0.220. The lowest BCUT2D eigenvalue weighted by molar-refractivity contribution is -0.147. The first-order valence-corrected chi connectivity index (χ1v) is 4.25. The molecule has 0 unspecified atom stereocenters. The lowest BCUT2D eigenvalue weighted by Gasteiger charge is -2.09. The molecule has 1 heterocycles. The highest BCUT2D eigenvalue weighted by Crippen LogP contribution is 2.24. The van der Waals surface area contributed by atoms with Crippen LogP contribution >= 0.6 is 11.8 Å². The number of thioether (sulfide) groups is 1. The summed E-state index contributed by atoms with van der Waals surface area (Å²) < 4.78 is 4.49. The second-order valence-corrected chi connectivity index (χ2v) is 3.31. The molecule has 1 fully saturated rings. The van der Waals surface area contributed by atoms with Gasteiger partial charge in [0.2, 0.25) is 0 Å². The molecular formula is C6H10O3S. The Balaban J connectivity index is 2.46. The minimum Gasteiger partial charge on any atom is -0.469 e. The van der Waals surface area contributed by atoms with Gasteiger partial charge < -0.3 is 9.84 Å². The number of aliphatic hydroxyl groups excluding tert-OH is 1. The van der Waals surface area contributed by atoms with Gasteiger partial charge in [0.15, 0.2) is 0 Å². The number of carbonyl (C=O) groups excluding carboxylic acids is 1. The molecule has 0 saturated carbocycles. The van der Waals surface area contributed by atoms with Gasteiger partial charge in [-0.05, 0) is 0 Å². The van der Waals surface area contributed by atoms with Gasteiger partial charge in [-0.15, -0.1) is 0 Å². The summed E-state index contributed by atoms with van der Waals surface area (Å²) in [6, 6.07) is 0. The average Bonchev–Trinajstić information content (AvgIpc) is 2.34. The maximum atomic E-state index is 10.8. The van der Waals surface area contributed by atoms with Crippen molar-refractivity contribution in [1.29, 1.82) is 0 Å². The van der Waals surface area contributed by atoms with Crippen molar-refractivity contribution < 1.29 is 14.6 Å². The van der Waals surface area contributed by atoms with Crippen molar-refractivity contribution in [3.8, 4) is 0 Å². The van der Waals surface area contributed by atoms with Crippen molar-refractivity contribution in [2.24, 2.45) is 5.92 Å². The molecule has 1 N–H and O–H groups in total. The molecular weight excluding hydrogens is 152 g/mol. The molecule has 4 heteroatoms. The van der Waals surface area contributed by atoms with Crippen LogP contribution in [0.5, 0.6) is 0 Å². The van der Waals surface area contributed by atoms with E-state index in [-0.39, 0.29) is 11.9 Å². The second-order valence-electron chi connectivity index (χ2n) is 2.23. The van der Waals surface area contributed by atoms with E-state index in [0.29, 0.717) is 11.5 Å². The lowest BCUT2D eigenvalue weighted by atomic mass is 10.1. The number of ether oxygens (including phenoxy) is 1. The number of rotatable bonds is 1. The van der Waals surface area contributed by atoms with Crippen molar-refractivity contribution in [1.82, 2.24) is 0 Å². The van der Waals surface area contributed by atoms with E-state index in [9.17, 15) is 4.79 Å². The van der Waals surface area contributed by atoms with E-state index in [2.05, 4.69) is 4.74 Å². The Bertz CT molecular complexity index is 137. The van der Waals surface area contributed by atoms with Crippen LogP contribution in [0.4, 0.5) is 0 Å². The topological polar surface area (TPSA) is 46.5 Å². The Morgan fingerprint density at radius 3 is 2.80 bits per heavy atom. The SMILES string of the molecule is COC(=O)[C@@H]1CSC[C@H]1O. The molecule has 3 nitrogen and oxygen atoms in total. The molecule has 2 atom stereocenters. The highest BCUT2D eigenvalue weighted by atomic mass is 32.2. The second kappa shape index (κ2) is 3.25. The van der Waals surface area contributed by atoms with E-state index in [1.165, 1.54) is 7.11 Å². The summed E-state index contributed by atoms with van der Waals surface area (Å²) in [4.78, 5) is 10.8. The highest BCUT2D eigenvalue weighted by molar-refractivity contribution is 7.99. The van der Waals surface area contributed by atoms with Crippen LogP contribution in [0.2, 0.25) is 0 Å². The van der Waals surface area contributed by atoms with Gasteiger partial charge in [0.05, 0.1) is 19.1 Å². The van der Waals surface area contributed by atoms with E-state index in [1.807, 2.05) is 0 Å². The van der Waals surface area contributed by atoms with Crippen LogP contribution in [0.3, 0.4) is 0 Å². The highest BCUT2D eigenvalue weighted by Gasteiger charge is 2.32. The van der Waals surface area contributed by atoms with Crippen LogP contribution in [0.1, 0.15) is 0 Å². The number of esters is 1. The van der Waals surface area contributed by atoms with Gasteiger partial charge in [-0.3, -0.25) is 4.79 Å². The number of carbonyl (C=O) groups is 1. The van der Waals surface area contributed by atoms with Gasteiger partial charge in [-0.25, -0.2) is 0 Å². The first-order valence-electron chi connectivity index (χ1n) is 3.09. The van der Waals surface area contributed by atoms with Crippen molar-refractivity contribution in [2.45, 2.75) is 6.10 Å². The van der Waals surface area contributed by atoms with Crippen molar-refractivity contribution in [3.63, 3.8) is 0 Å². The summed E-state index contributed by atoms with van der Waals surface area (Å²) >= 11 is 1.58. The van der Waals surface area contributed by atoms with Crippen molar-refractivity contribution in [3.05, 3.63) is 0 Å². The molecule has 0 aromatic carbocycles. The first kappa shape index (κ1) is 7.88. The predicted octanol–water partition coefficient (Wildman–Crippen LogP) is -0.117. The molecule has 1 saturated heterocycles. The summed E-state index contributed by atoms with van der Waals surface area (Å²) in [5, 5.41) is 9.17. The standard InChI is InChI=1S/C6H10O3S/c1-9-6(8)4-2-10-3-5(4)7/h4-5,7H,2-3H2,1H3/t4-,5-/m1/s1. The number of hydrogen-bond donors (Lipinski definition) is 1. The Morgan fingerprint density at radius 2 is 2.40 bits per heavy atom. The van der Waals surface area contributed by atoms with Crippen molar-refractivity contribution >= 4 is 17.7 Å². The predicted molar refractivity (Wildman–Crippen MR) is 38.8 cm³/mol. The first-order chi connectivity index (χ1) is 4.75. The van der Waals surface area contributed by atoms with Crippen LogP contribution in [0.25, 0.3) is 0 Å². The Labute approximate surface area is 63.8 Å². The average molecular weight is 162 g/mol. The molecule has 0 aromatic heterocycles. The van der Waals surface area contributed by atoms with Crippen molar-refractivity contribution in [2.75, 3.05) is 18.6 Å². The third-order valence-electron chi connectivity index (χ3n) is 1.55. The number of aliphatic hydroxyl groups is 1. The molecule has 0 aliphatic carbocycles. The monoisotopic (exact) mass is 162 g/mol. The normalized spacial score (nSPS) is 32.2. The van der Waals surface area contributed by atoms with E-state index in [0.717, 1.165) is 0 Å². The zero-order chi connectivity index (χ0) is 7.56. The maximum absolute atomic E-state index is 10.8. The molecule has 0 amide bonds. The molecule has 1 rings (SSSR count). The maximum Gasteiger partial charge on any atom is 0.312 e. The van der Waals surface area contributed by atoms with E-state index in [4.69, 9.17) is 5.11 Å². The van der Waals surface area contributed by atoms with Crippen LogP contribution < -0.4 is 0 Å². The van der Waals surface area contributed by atoms with Crippen LogP contribution in [0, 0.1) is 5.92 Å². The Morgan fingerprint density at radius 1 is 1.70 bits per heavy atom. The molecule has 0 aromatic rings. The summed E-state index contributed by atoms with van der Waals surface area (Å²) in [6.07, 6.45) is -0.502. The number of hydrogen-bond acceptors (Lipinski definition) is 4. The molecule has 0 radical (unpaired) electrons. The minimum atomic E-state index is -0.502. The minimum absolute atomic E-state index is 0.294. The zero-order valence-corrected chi connectivity index (χ0v) is 6.56. The lowest BCUT2D eigenvalue weighted by Crippen LogP contribution is -2.27. The Kier molecular flexibility index (Phi) is 2.56. The quantitative estimate of drug-likeness (QED) is 0.546. The van der Waals surface area contributed by atoms with Gasteiger partial charge in [0.25, 0.3) is 0 Å². The summed E-state index contributed by atoms with van der Waals surface area (Å²) in [5.41, 5.74) is 0. The molecule has 58 valence electrons. The van der Waals surface area contributed by atoms with E-state index in [1.54, 1.807) is 11.8 Å². The molecule has 1 aliphatic rings. The largest absolute Gasteiger partial charge is 0.469 e. The number of methoxy groups -OCH3 is 1. The van der Waals surface area contributed by atoms with Gasteiger partial charge in [0.1, 0.15) is 0 Å². The fourth-order valence-corrected chi connectivity index (χ4v) is 2.14.